The number of anilines is 3. The number of carbonyl (C=O) groups is 1. The molecule has 1 N–H and O–H groups in total. The van der Waals surface area contributed by atoms with E-state index in [4.69, 9.17) is 4.42 Å². The van der Waals surface area contributed by atoms with Gasteiger partial charge in [0.05, 0.1) is 30.3 Å². The molecule has 1 unspecified atom stereocenters. The van der Waals surface area contributed by atoms with E-state index in [1.807, 2.05) is 37.2 Å². The monoisotopic (exact) mass is 376 g/mol. The quantitative estimate of drug-likeness (QED) is 0.731. The summed E-state index contributed by atoms with van der Waals surface area (Å²) in [5.41, 5.74) is 3.75. The predicted molar refractivity (Wildman–Crippen MR) is 111 cm³/mol. The number of fused-ring (bicyclic) bond motifs is 1. The van der Waals surface area contributed by atoms with Crippen molar-refractivity contribution >= 4 is 23.1 Å². The van der Waals surface area contributed by atoms with E-state index in [1.165, 1.54) is 11.3 Å². The number of para-hydroxylation sites is 1. The number of hydrogen-bond donors (Lipinski definition) is 1. The minimum absolute atomic E-state index is 0.191. The lowest BCUT2D eigenvalue weighted by molar-refractivity contribution is 0.102. The highest BCUT2D eigenvalue weighted by atomic mass is 16.3. The maximum Gasteiger partial charge on any atom is 0.259 e. The second-order valence-corrected chi connectivity index (χ2v) is 7.32. The van der Waals surface area contributed by atoms with E-state index < -0.39 is 0 Å². The fourth-order valence-corrected chi connectivity index (χ4v) is 3.61. The van der Waals surface area contributed by atoms with Gasteiger partial charge in [-0.3, -0.25) is 4.79 Å². The Morgan fingerprint density at radius 3 is 2.82 bits per heavy atom. The van der Waals surface area contributed by atoms with Crippen LogP contribution in [0, 0.1) is 0 Å². The van der Waals surface area contributed by atoms with Gasteiger partial charge in [0.1, 0.15) is 11.6 Å². The average molecular weight is 376 g/mol. The van der Waals surface area contributed by atoms with E-state index in [1.54, 1.807) is 18.5 Å². The highest BCUT2D eigenvalue weighted by molar-refractivity contribution is 6.05. The summed E-state index contributed by atoms with van der Waals surface area (Å²) in [6, 6.07) is 14.2. The zero-order chi connectivity index (χ0) is 19.7. The molecule has 0 spiro atoms. The molecule has 1 atom stereocenters. The Bertz CT molecular complexity index is 978. The van der Waals surface area contributed by atoms with Crippen molar-refractivity contribution in [3.8, 4) is 0 Å². The fraction of sp³-hybridized carbons (Fsp3) is 0.273. The molecule has 6 nitrogen and oxygen atoms in total. The van der Waals surface area contributed by atoms with Gasteiger partial charge in [0.25, 0.3) is 5.91 Å². The van der Waals surface area contributed by atoms with Crippen LogP contribution in [0.1, 0.15) is 28.6 Å². The third-order valence-electron chi connectivity index (χ3n) is 5.12. The zero-order valence-electron chi connectivity index (χ0n) is 16.3. The Labute approximate surface area is 164 Å². The smallest absolute Gasteiger partial charge is 0.259 e. The number of nitrogens with zero attached hydrogens (tertiary/aromatic N) is 3. The summed E-state index contributed by atoms with van der Waals surface area (Å²) in [5, 5.41) is 2.91. The van der Waals surface area contributed by atoms with Crippen LogP contribution in [0.15, 0.2) is 59.3 Å². The average Bonchev–Trinajstić information content (AvgIpc) is 3.27. The Hall–Kier alpha value is -3.28. The van der Waals surface area contributed by atoms with E-state index in [0.717, 1.165) is 12.2 Å². The van der Waals surface area contributed by atoms with Crippen molar-refractivity contribution in [2.75, 3.05) is 29.2 Å². The summed E-state index contributed by atoms with van der Waals surface area (Å²) in [5.74, 6) is 1.31. The first-order chi connectivity index (χ1) is 13.5. The molecule has 2 aromatic heterocycles. The molecule has 1 aromatic carbocycles. The minimum Gasteiger partial charge on any atom is -0.467 e. The molecule has 0 saturated heterocycles. The molecule has 0 aliphatic carbocycles. The van der Waals surface area contributed by atoms with Gasteiger partial charge in [-0.25, -0.2) is 4.98 Å². The second kappa shape index (κ2) is 7.38. The molecule has 144 valence electrons. The zero-order valence-corrected chi connectivity index (χ0v) is 16.3. The Morgan fingerprint density at radius 1 is 1.25 bits per heavy atom. The number of benzene rings is 1. The number of pyridine rings is 1. The number of hydrogen-bond acceptors (Lipinski definition) is 5. The summed E-state index contributed by atoms with van der Waals surface area (Å²) in [7, 11) is 3.85. The van der Waals surface area contributed by atoms with Crippen LogP contribution in [0.4, 0.5) is 17.2 Å². The van der Waals surface area contributed by atoms with Crippen LogP contribution in [0.3, 0.4) is 0 Å². The molecular weight excluding hydrogens is 352 g/mol. The van der Waals surface area contributed by atoms with Crippen molar-refractivity contribution in [2.45, 2.75) is 25.9 Å². The summed E-state index contributed by atoms with van der Waals surface area (Å²) in [6.45, 7) is 2.76. The van der Waals surface area contributed by atoms with E-state index in [0.29, 0.717) is 29.6 Å². The van der Waals surface area contributed by atoms with Gasteiger partial charge in [-0.05, 0) is 43.2 Å². The number of rotatable bonds is 5. The number of aromatic nitrogens is 1. The largest absolute Gasteiger partial charge is 0.467 e. The summed E-state index contributed by atoms with van der Waals surface area (Å²) >= 11 is 0. The molecule has 0 radical (unpaired) electrons. The van der Waals surface area contributed by atoms with Gasteiger partial charge in [0.2, 0.25) is 0 Å². The van der Waals surface area contributed by atoms with Gasteiger partial charge in [-0.15, -0.1) is 0 Å². The van der Waals surface area contributed by atoms with Crippen LogP contribution in [0.2, 0.25) is 0 Å². The third kappa shape index (κ3) is 3.45. The molecule has 1 amide bonds. The maximum atomic E-state index is 12.8. The van der Waals surface area contributed by atoms with Crippen LogP contribution in [-0.2, 0) is 13.0 Å². The molecule has 6 heteroatoms. The second-order valence-electron chi connectivity index (χ2n) is 7.32. The van der Waals surface area contributed by atoms with Gasteiger partial charge < -0.3 is 19.5 Å². The van der Waals surface area contributed by atoms with Gasteiger partial charge in [0, 0.05) is 25.8 Å². The molecule has 3 aromatic rings. The molecule has 4 rings (SSSR count). The van der Waals surface area contributed by atoms with Crippen LogP contribution in [-0.4, -0.2) is 31.0 Å². The van der Waals surface area contributed by atoms with Gasteiger partial charge in [0.15, 0.2) is 0 Å². The van der Waals surface area contributed by atoms with Crippen molar-refractivity contribution in [1.82, 2.24) is 4.98 Å². The van der Waals surface area contributed by atoms with E-state index in [9.17, 15) is 4.79 Å². The first kappa shape index (κ1) is 18.1. The van der Waals surface area contributed by atoms with Gasteiger partial charge in [-0.2, -0.15) is 0 Å². The van der Waals surface area contributed by atoms with Gasteiger partial charge >= 0.3 is 0 Å². The molecule has 1 aliphatic heterocycles. The predicted octanol–water partition coefficient (Wildman–Crippen LogP) is 3.94. The van der Waals surface area contributed by atoms with Crippen LogP contribution in [0.25, 0.3) is 0 Å². The minimum atomic E-state index is -0.191. The fourth-order valence-electron chi connectivity index (χ4n) is 3.61. The van der Waals surface area contributed by atoms with Gasteiger partial charge in [-0.1, -0.05) is 18.2 Å². The maximum absolute atomic E-state index is 12.8. The van der Waals surface area contributed by atoms with Crippen molar-refractivity contribution < 1.29 is 9.21 Å². The highest BCUT2D eigenvalue weighted by Crippen LogP contribution is 2.33. The van der Waals surface area contributed by atoms with Crippen molar-refractivity contribution in [2.24, 2.45) is 0 Å². The Balaban J connectivity index is 1.50. The van der Waals surface area contributed by atoms with Crippen LogP contribution < -0.4 is 15.1 Å². The van der Waals surface area contributed by atoms with E-state index >= 15 is 0 Å². The molecule has 28 heavy (non-hydrogen) atoms. The number of amides is 1. The normalized spacial score (nSPS) is 15.4. The first-order valence-corrected chi connectivity index (χ1v) is 9.38. The Morgan fingerprint density at radius 2 is 2.07 bits per heavy atom. The third-order valence-corrected chi connectivity index (χ3v) is 5.12. The summed E-state index contributed by atoms with van der Waals surface area (Å²) in [6.07, 6.45) is 4.23. The molecule has 1 aliphatic rings. The van der Waals surface area contributed by atoms with Crippen molar-refractivity contribution in [3.05, 3.63) is 71.8 Å². The molecule has 3 heterocycles. The topological polar surface area (TPSA) is 61.6 Å². The number of nitrogens with one attached hydrogen (secondary N) is 1. The molecule has 0 saturated carbocycles. The van der Waals surface area contributed by atoms with E-state index in [-0.39, 0.29) is 5.91 Å². The standard InChI is InChI=1S/C22H24N4O2/c1-15-12-16-6-4-5-7-19(16)26(15)14-20-18(10-11-28-20)22(27)24-17-8-9-21(23-13-17)25(2)3/h4-11,13,15H,12,14H2,1-3H3,(H,24,27). The summed E-state index contributed by atoms with van der Waals surface area (Å²) < 4.78 is 5.67. The van der Waals surface area contributed by atoms with E-state index in [2.05, 4.69) is 40.3 Å². The molecule has 0 bridgehead atoms. The van der Waals surface area contributed by atoms with Crippen molar-refractivity contribution in [3.63, 3.8) is 0 Å². The first-order valence-electron chi connectivity index (χ1n) is 9.38. The summed E-state index contributed by atoms with van der Waals surface area (Å²) in [4.78, 5) is 21.3. The van der Waals surface area contributed by atoms with Crippen LogP contribution in [0.5, 0.6) is 0 Å². The Kier molecular flexibility index (Phi) is 4.77. The highest BCUT2D eigenvalue weighted by Gasteiger charge is 2.28. The molecule has 0 fully saturated rings. The lowest BCUT2D eigenvalue weighted by Crippen LogP contribution is -2.29. The SMILES string of the molecule is CC1Cc2ccccc2N1Cc1occc1C(=O)Nc1ccc(N(C)C)nc1. The number of carbonyl (C=O) groups excluding carboxylic acids is 1. The lowest BCUT2D eigenvalue weighted by atomic mass is 10.1. The van der Waals surface area contributed by atoms with Crippen LogP contribution >= 0.6 is 0 Å². The number of furan rings is 1. The molecular formula is C22H24N4O2. The van der Waals surface area contributed by atoms with Crippen molar-refractivity contribution in [1.29, 1.82) is 0 Å². The lowest BCUT2D eigenvalue weighted by Gasteiger charge is -2.24.